The number of ketones is 1. The molecule has 0 aromatic carbocycles. The van der Waals surface area contributed by atoms with Crippen LogP contribution in [0.4, 0.5) is 0 Å². The van der Waals surface area contributed by atoms with E-state index in [9.17, 15) is 4.79 Å². The molecule has 1 N–H and O–H groups in total. The number of piperidine rings is 1. The maximum Gasteiger partial charge on any atom is 0.145 e. The molecule has 2 heterocycles. The molecule has 0 aromatic rings. The molecule has 0 amide bonds. The Kier molecular flexibility index (Phi) is 3.42. The first-order chi connectivity index (χ1) is 7.22. The highest BCUT2D eigenvalue weighted by molar-refractivity contribution is 5.87. The average molecular weight is 211 g/mol. The van der Waals surface area contributed by atoms with Crippen LogP contribution in [0.3, 0.4) is 0 Å². The van der Waals surface area contributed by atoms with E-state index in [-0.39, 0.29) is 11.3 Å². The van der Waals surface area contributed by atoms with Gasteiger partial charge in [0.15, 0.2) is 0 Å². The maximum absolute atomic E-state index is 12.4. The van der Waals surface area contributed by atoms with E-state index in [1.165, 1.54) is 0 Å². The summed E-state index contributed by atoms with van der Waals surface area (Å²) in [5.74, 6) is 0.582. The fourth-order valence-electron chi connectivity index (χ4n) is 2.71. The molecular weight excluding hydrogens is 190 g/mol. The van der Waals surface area contributed by atoms with Gasteiger partial charge >= 0.3 is 0 Å². The Morgan fingerprint density at radius 3 is 2.93 bits per heavy atom. The Hall–Kier alpha value is -0.410. The van der Waals surface area contributed by atoms with Gasteiger partial charge < -0.3 is 10.1 Å². The largest absolute Gasteiger partial charge is 0.381 e. The highest BCUT2D eigenvalue weighted by Crippen LogP contribution is 2.32. The number of hydrogen-bond donors (Lipinski definition) is 1. The molecule has 2 aliphatic rings. The normalized spacial score (nSPS) is 37.5. The first kappa shape index (κ1) is 11.1. The molecule has 3 heteroatoms. The first-order valence-corrected chi connectivity index (χ1v) is 6.05. The van der Waals surface area contributed by atoms with Crippen LogP contribution in [0.15, 0.2) is 0 Å². The Balaban J connectivity index is 1.98. The van der Waals surface area contributed by atoms with Crippen LogP contribution in [-0.2, 0) is 9.53 Å². The summed E-state index contributed by atoms with van der Waals surface area (Å²) in [6.07, 6.45) is 4.22. The predicted molar refractivity (Wildman–Crippen MR) is 58.8 cm³/mol. The molecule has 3 nitrogen and oxygen atoms in total. The van der Waals surface area contributed by atoms with Gasteiger partial charge in [-0.2, -0.15) is 0 Å². The van der Waals surface area contributed by atoms with Gasteiger partial charge in [-0.25, -0.2) is 0 Å². The second-order valence-corrected chi connectivity index (χ2v) is 5.12. The second kappa shape index (κ2) is 4.62. The first-order valence-electron chi connectivity index (χ1n) is 6.05. The minimum absolute atomic E-state index is 0.135. The molecule has 2 atom stereocenters. The van der Waals surface area contributed by atoms with Crippen LogP contribution >= 0.6 is 0 Å². The number of Topliss-reactive ketones (excluding diaryl/α,β-unsaturated/α-hetero) is 1. The standard InChI is InChI=1S/C12H21NO2/c1-12(5-3-6-13-9-12)11(14)10-4-2-7-15-8-10/h10,13H,2-9H2,1H3. The van der Waals surface area contributed by atoms with Gasteiger partial charge in [-0.3, -0.25) is 4.79 Å². The third-order valence-electron chi connectivity index (χ3n) is 3.72. The summed E-state index contributed by atoms with van der Waals surface area (Å²) in [6, 6.07) is 0. The molecule has 0 radical (unpaired) electrons. The number of nitrogens with one attached hydrogen (secondary N) is 1. The van der Waals surface area contributed by atoms with Crippen LogP contribution in [-0.4, -0.2) is 32.1 Å². The summed E-state index contributed by atoms with van der Waals surface area (Å²) in [6.45, 7) is 5.50. The number of rotatable bonds is 2. The number of ether oxygens (including phenoxy) is 1. The fourth-order valence-corrected chi connectivity index (χ4v) is 2.71. The summed E-state index contributed by atoms with van der Waals surface area (Å²) >= 11 is 0. The van der Waals surface area contributed by atoms with E-state index >= 15 is 0 Å². The van der Waals surface area contributed by atoms with E-state index < -0.39 is 0 Å². The van der Waals surface area contributed by atoms with Crippen LogP contribution < -0.4 is 5.32 Å². The van der Waals surface area contributed by atoms with Crippen molar-refractivity contribution in [1.29, 1.82) is 0 Å². The molecule has 2 aliphatic heterocycles. The van der Waals surface area contributed by atoms with Crippen molar-refractivity contribution in [1.82, 2.24) is 5.32 Å². The molecule has 0 aliphatic carbocycles. The van der Waals surface area contributed by atoms with Gasteiger partial charge in [-0.05, 0) is 32.2 Å². The second-order valence-electron chi connectivity index (χ2n) is 5.12. The van der Waals surface area contributed by atoms with Gasteiger partial charge in [0.2, 0.25) is 0 Å². The summed E-state index contributed by atoms with van der Waals surface area (Å²) in [5, 5.41) is 3.33. The van der Waals surface area contributed by atoms with E-state index in [4.69, 9.17) is 4.74 Å². The molecule has 0 bridgehead atoms. The zero-order valence-electron chi connectivity index (χ0n) is 9.55. The van der Waals surface area contributed by atoms with Crippen LogP contribution in [0, 0.1) is 11.3 Å². The Labute approximate surface area is 91.6 Å². The minimum Gasteiger partial charge on any atom is -0.381 e. The van der Waals surface area contributed by atoms with Crippen molar-refractivity contribution >= 4 is 5.78 Å². The van der Waals surface area contributed by atoms with Crippen molar-refractivity contribution in [2.75, 3.05) is 26.3 Å². The van der Waals surface area contributed by atoms with Gasteiger partial charge in [-0.1, -0.05) is 6.92 Å². The SMILES string of the molecule is CC1(C(=O)C2CCCOC2)CCCNC1. The van der Waals surface area contributed by atoms with E-state index in [0.717, 1.165) is 45.4 Å². The lowest BCUT2D eigenvalue weighted by molar-refractivity contribution is -0.137. The van der Waals surface area contributed by atoms with Crippen molar-refractivity contribution < 1.29 is 9.53 Å². The van der Waals surface area contributed by atoms with E-state index in [1.807, 2.05) is 0 Å². The van der Waals surface area contributed by atoms with Gasteiger partial charge in [0, 0.05) is 24.5 Å². The minimum atomic E-state index is -0.135. The lowest BCUT2D eigenvalue weighted by Gasteiger charge is -2.36. The molecule has 2 saturated heterocycles. The van der Waals surface area contributed by atoms with Crippen LogP contribution in [0.25, 0.3) is 0 Å². The molecule has 86 valence electrons. The van der Waals surface area contributed by atoms with Crippen LogP contribution in [0.2, 0.25) is 0 Å². The third-order valence-corrected chi connectivity index (χ3v) is 3.72. The lowest BCUT2D eigenvalue weighted by atomic mass is 9.73. The van der Waals surface area contributed by atoms with Crippen LogP contribution in [0.5, 0.6) is 0 Å². The zero-order valence-corrected chi connectivity index (χ0v) is 9.55. The average Bonchev–Trinajstić information content (AvgIpc) is 2.30. The third kappa shape index (κ3) is 2.40. The topological polar surface area (TPSA) is 38.3 Å². The van der Waals surface area contributed by atoms with Crippen molar-refractivity contribution in [2.24, 2.45) is 11.3 Å². The Morgan fingerprint density at radius 1 is 1.47 bits per heavy atom. The van der Waals surface area contributed by atoms with Crippen LogP contribution in [0.1, 0.15) is 32.6 Å². The smallest absolute Gasteiger partial charge is 0.145 e. The van der Waals surface area contributed by atoms with Gasteiger partial charge in [-0.15, -0.1) is 0 Å². The predicted octanol–water partition coefficient (Wildman–Crippen LogP) is 1.37. The highest BCUT2D eigenvalue weighted by atomic mass is 16.5. The molecule has 0 aromatic heterocycles. The number of hydrogen-bond acceptors (Lipinski definition) is 3. The monoisotopic (exact) mass is 211 g/mol. The van der Waals surface area contributed by atoms with Gasteiger partial charge in [0.25, 0.3) is 0 Å². The molecule has 15 heavy (non-hydrogen) atoms. The molecular formula is C12H21NO2. The van der Waals surface area contributed by atoms with Crippen molar-refractivity contribution in [3.8, 4) is 0 Å². The van der Waals surface area contributed by atoms with Gasteiger partial charge in [0.1, 0.15) is 5.78 Å². The highest BCUT2D eigenvalue weighted by Gasteiger charge is 2.39. The fraction of sp³-hybridized carbons (Fsp3) is 0.917. The van der Waals surface area contributed by atoms with E-state index in [2.05, 4.69) is 12.2 Å². The van der Waals surface area contributed by atoms with Crippen molar-refractivity contribution in [3.05, 3.63) is 0 Å². The summed E-state index contributed by atoms with van der Waals surface area (Å²) in [7, 11) is 0. The Bertz CT molecular complexity index is 228. The lowest BCUT2D eigenvalue weighted by Crippen LogP contribution is -2.47. The quantitative estimate of drug-likeness (QED) is 0.749. The zero-order chi connectivity index (χ0) is 10.7. The number of carbonyl (C=O) groups is 1. The van der Waals surface area contributed by atoms with Crippen molar-refractivity contribution in [2.45, 2.75) is 32.6 Å². The van der Waals surface area contributed by atoms with E-state index in [1.54, 1.807) is 0 Å². The summed E-state index contributed by atoms with van der Waals surface area (Å²) < 4.78 is 5.40. The summed E-state index contributed by atoms with van der Waals surface area (Å²) in [5.41, 5.74) is -0.135. The molecule has 2 fully saturated rings. The molecule has 0 spiro atoms. The van der Waals surface area contributed by atoms with Gasteiger partial charge in [0.05, 0.1) is 6.61 Å². The molecule has 0 saturated carbocycles. The maximum atomic E-state index is 12.4. The Morgan fingerprint density at radius 2 is 2.33 bits per heavy atom. The molecule has 2 rings (SSSR count). The summed E-state index contributed by atoms with van der Waals surface area (Å²) in [4.78, 5) is 12.4. The van der Waals surface area contributed by atoms with Crippen molar-refractivity contribution in [3.63, 3.8) is 0 Å². The number of carbonyl (C=O) groups excluding carboxylic acids is 1. The van der Waals surface area contributed by atoms with E-state index in [0.29, 0.717) is 12.4 Å². The molecule has 2 unspecified atom stereocenters.